The van der Waals surface area contributed by atoms with Crippen molar-refractivity contribution in [1.29, 1.82) is 5.26 Å². The molecule has 0 radical (unpaired) electrons. The minimum atomic E-state index is 0.523. The zero-order valence-corrected chi connectivity index (χ0v) is 24.5. The molecular formula is C41H23N5. The fourth-order valence-corrected chi connectivity index (χ4v) is 6.30. The van der Waals surface area contributed by atoms with Crippen LogP contribution < -0.4 is 0 Å². The summed E-state index contributed by atoms with van der Waals surface area (Å²) in [6, 6.07) is 41.7. The van der Waals surface area contributed by atoms with Crippen molar-refractivity contribution >= 4 is 38.1 Å². The molecule has 0 fully saturated rings. The van der Waals surface area contributed by atoms with Gasteiger partial charge in [-0.3, -0.25) is 15.0 Å². The summed E-state index contributed by atoms with van der Waals surface area (Å²) in [5, 5.41) is 15.0. The number of nitrogens with zero attached hydrogens (tertiary/aromatic N) is 5. The lowest BCUT2D eigenvalue weighted by molar-refractivity contribution is 1.30. The molecule has 3 aromatic heterocycles. The number of hydrogen-bond acceptors (Lipinski definition) is 4. The van der Waals surface area contributed by atoms with Crippen LogP contribution in [0.15, 0.2) is 140 Å². The van der Waals surface area contributed by atoms with E-state index < -0.39 is 0 Å². The smallest absolute Gasteiger partial charge is 0.190 e. The van der Waals surface area contributed by atoms with Crippen LogP contribution in [-0.4, -0.2) is 15.0 Å². The Morgan fingerprint density at radius 1 is 0.565 bits per heavy atom. The van der Waals surface area contributed by atoms with Crippen molar-refractivity contribution < 1.29 is 0 Å². The minimum Gasteiger partial charge on any atom is -0.263 e. The quantitative estimate of drug-likeness (QED) is 0.152. The third-order valence-corrected chi connectivity index (χ3v) is 8.45. The molecule has 0 saturated heterocycles. The second-order valence-corrected chi connectivity index (χ2v) is 11.1. The van der Waals surface area contributed by atoms with Crippen LogP contribution in [0.4, 0.5) is 5.69 Å². The molecule has 0 aliphatic heterocycles. The highest BCUT2D eigenvalue weighted by Gasteiger charge is 2.17. The molecular weight excluding hydrogens is 562 g/mol. The van der Waals surface area contributed by atoms with Crippen molar-refractivity contribution in [3.8, 4) is 50.7 Å². The van der Waals surface area contributed by atoms with Crippen LogP contribution >= 0.6 is 0 Å². The van der Waals surface area contributed by atoms with E-state index in [1.807, 2.05) is 18.3 Å². The Morgan fingerprint density at radius 2 is 1.20 bits per heavy atom. The van der Waals surface area contributed by atoms with Gasteiger partial charge in [-0.2, -0.15) is 5.26 Å². The first kappa shape index (κ1) is 26.9. The zero-order chi connectivity index (χ0) is 31.0. The maximum atomic E-state index is 9.31. The van der Waals surface area contributed by atoms with Gasteiger partial charge in [0.1, 0.15) is 6.07 Å². The van der Waals surface area contributed by atoms with E-state index in [2.05, 4.69) is 118 Å². The molecule has 0 spiro atoms. The molecule has 0 N–H and O–H groups in total. The van der Waals surface area contributed by atoms with E-state index in [0.717, 1.165) is 44.4 Å². The summed E-state index contributed by atoms with van der Waals surface area (Å²) >= 11 is 0. The summed E-state index contributed by atoms with van der Waals surface area (Å²) in [4.78, 5) is 17.1. The highest BCUT2D eigenvalue weighted by atomic mass is 14.7. The van der Waals surface area contributed by atoms with Gasteiger partial charge in [0.2, 0.25) is 0 Å². The highest BCUT2D eigenvalue weighted by Crippen LogP contribution is 2.44. The van der Waals surface area contributed by atoms with E-state index in [-0.39, 0.29) is 0 Å². The lowest BCUT2D eigenvalue weighted by atomic mass is 9.85. The first-order valence-corrected chi connectivity index (χ1v) is 14.8. The number of nitriles is 1. The molecule has 5 heteroatoms. The van der Waals surface area contributed by atoms with Gasteiger partial charge in [-0.25, -0.2) is 4.85 Å². The van der Waals surface area contributed by atoms with Crippen molar-refractivity contribution in [1.82, 2.24) is 15.0 Å². The first-order valence-electron chi connectivity index (χ1n) is 14.8. The Morgan fingerprint density at radius 3 is 1.87 bits per heavy atom. The standard InChI is InChI=1S/C41H23N5/c1-43-33-16-17-45-39(21-33)27-10-12-28(13-11-27)40-34-6-2-4-8-36(34)41(37-9-5-3-7-35(37)40)30-15-14-29-19-32(25-46-38(29)20-30)31-18-26(22-42)23-44-24-31/h2-21,23-25H. The molecule has 0 saturated carbocycles. The fraction of sp³-hybridized carbons (Fsp3) is 0. The molecule has 3 heterocycles. The van der Waals surface area contributed by atoms with Gasteiger partial charge in [0.05, 0.1) is 23.3 Å². The molecule has 0 bridgehead atoms. The van der Waals surface area contributed by atoms with E-state index >= 15 is 0 Å². The van der Waals surface area contributed by atoms with Crippen LogP contribution in [0.2, 0.25) is 0 Å². The Labute approximate surface area is 265 Å². The molecule has 46 heavy (non-hydrogen) atoms. The van der Waals surface area contributed by atoms with E-state index in [1.165, 1.54) is 32.7 Å². The number of fused-ring (bicyclic) bond motifs is 3. The van der Waals surface area contributed by atoms with Crippen LogP contribution in [0, 0.1) is 17.9 Å². The van der Waals surface area contributed by atoms with Crippen LogP contribution in [-0.2, 0) is 0 Å². The van der Waals surface area contributed by atoms with Crippen LogP contribution in [0.3, 0.4) is 0 Å². The summed E-state index contributed by atoms with van der Waals surface area (Å²) < 4.78 is 0. The minimum absolute atomic E-state index is 0.523. The van der Waals surface area contributed by atoms with Gasteiger partial charge in [-0.05, 0) is 79.7 Å². The molecule has 0 aliphatic carbocycles. The van der Waals surface area contributed by atoms with Gasteiger partial charge in [0.25, 0.3) is 0 Å². The average Bonchev–Trinajstić information content (AvgIpc) is 3.13. The molecule has 5 nitrogen and oxygen atoms in total. The predicted molar refractivity (Wildman–Crippen MR) is 185 cm³/mol. The molecule has 8 rings (SSSR count). The summed E-state index contributed by atoms with van der Waals surface area (Å²) in [6.07, 6.45) is 6.86. The third kappa shape index (κ3) is 4.61. The maximum absolute atomic E-state index is 9.31. The molecule has 5 aromatic carbocycles. The van der Waals surface area contributed by atoms with Crippen molar-refractivity contribution in [3.05, 3.63) is 157 Å². The van der Waals surface area contributed by atoms with Gasteiger partial charge >= 0.3 is 0 Å². The first-order chi connectivity index (χ1) is 22.7. The summed E-state index contributed by atoms with van der Waals surface area (Å²) in [6.45, 7) is 7.36. The zero-order valence-electron chi connectivity index (χ0n) is 24.5. The van der Waals surface area contributed by atoms with E-state index in [9.17, 15) is 5.26 Å². The fourth-order valence-electron chi connectivity index (χ4n) is 6.30. The molecule has 0 unspecified atom stereocenters. The van der Waals surface area contributed by atoms with Crippen molar-refractivity contribution in [2.24, 2.45) is 0 Å². The lowest BCUT2D eigenvalue weighted by Crippen LogP contribution is -1.92. The maximum Gasteiger partial charge on any atom is 0.190 e. The largest absolute Gasteiger partial charge is 0.263 e. The van der Waals surface area contributed by atoms with Gasteiger partial charge in [0.15, 0.2) is 5.69 Å². The third-order valence-electron chi connectivity index (χ3n) is 8.45. The predicted octanol–water partition coefficient (Wildman–Crippen LogP) is 10.4. The molecule has 0 aliphatic rings. The normalized spacial score (nSPS) is 11.0. The van der Waals surface area contributed by atoms with E-state index in [1.54, 1.807) is 24.7 Å². The summed E-state index contributed by atoms with van der Waals surface area (Å²) in [5.74, 6) is 0. The molecule has 0 atom stereocenters. The van der Waals surface area contributed by atoms with Crippen molar-refractivity contribution in [2.45, 2.75) is 0 Å². The average molecular weight is 586 g/mol. The van der Waals surface area contributed by atoms with E-state index in [0.29, 0.717) is 11.3 Å². The van der Waals surface area contributed by atoms with E-state index in [4.69, 9.17) is 11.6 Å². The number of rotatable bonds is 4. The Hall–Kier alpha value is -6.69. The molecule has 212 valence electrons. The number of aromatic nitrogens is 3. The summed E-state index contributed by atoms with van der Waals surface area (Å²) in [5.41, 5.74) is 10.1. The van der Waals surface area contributed by atoms with Gasteiger partial charge in [0, 0.05) is 41.3 Å². The van der Waals surface area contributed by atoms with Crippen LogP contribution in [0.25, 0.3) is 81.9 Å². The molecule has 0 amide bonds. The topological polar surface area (TPSA) is 66.8 Å². The van der Waals surface area contributed by atoms with Crippen molar-refractivity contribution in [3.63, 3.8) is 0 Å². The van der Waals surface area contributed by atoms with Crippen LogP contribution in [0.5, 0.6) is 0 Å². The Kier molecular flexibility index (Phi) is 6.49. The van der Waals surface area contributed by atoms with Crippen LogP contribution in [0.1, 0.15) is 5.56 Å². The molecule has 8 aromatic rings. The Balaban J connectivity index is 1.28. The summed E-state index contributed by atoms with van der Waals surface area (Å²) in [7, 11) is 0. The number of benzene rings is 5. The second-order valence-electron chi connectivity index (χ2n) is 11.1. The van der Waals surface area contributed by atoms with Gasteiger partial charge in [-0.1, -0.05) is 84.9 Å². The SMILES string of the molecule is [C-]#[N+]c1ccnc(-c2ccc(-c3c4ccccc4c(-c4ccc5cc(-c6cncc(C#N)c6)cnc5c4)c4ccccc34)cc2)c1. The number of pyridine rings is 3. The highest BCUT2D eigenvalue weighted by molar-refractivity contribution is 6.21. The van der Waals surface area contributed by atoms with Crippen molar-refractivity contribution in [2.75, 3.05) is 0 Å². The lowest BCUT2D eigenvalue weighted by Gasteiger charge is -2.18. The number of hydrogen-bond donors (Lipinski definition) is 0. The Bertz CT molecular complexity index is 2500. The van der Waals surface area contributed by atoms with Gasteiger partial charge < -0.3 is 0 Å². The monoisotopic (exact) mass is 585 g/mol. The van der Waals surface area contributed by atoms with Gasteiger partial charge in [-0.15, -0.1) is 0 Å². The second kappa shape index (κ2) is 11.1.